The molecule has 0 aliphatic carbocycles. The van der Waals surface area contributed by atoms with Gasteiger partial charge in [0, 0.05) is 11.8 Å². The highest BCUT2D eigenvalue weighted by Gasteiger charge is 2.05. The van der Waals surface area contributed by atoms with Crippen LogP contribution in [-0.2, 0) is 16.5 Å². The minimum atomic E-state index is 0.178. The van der Waals surface area contributed by atoms with Gasteiger partial charge in [-0.1, -0.05) is 22.0 Å². The van der Waals surface area contributed by atoms with Gasteiger partial charge in [-0.25, -0.2) is 0 Å². The third-order valence-corrected chi connectivity index (χ3v) is 2.60. The first-order valence-electron chi connectivity index (χ1n) is 4.38. The van der Waals surface area contributed by atoms with E-state index in [1.165, 1.54) is 0 Å². The van der Waals surface area contributed by atoms with Gasteiger partial charge in [0.05, 0.1) is 7.11 Å². The number of rotatable bonds is 4. The smallest absolute Gasteiger partial charge is 0.134 e. The lowest BCUT2D eigenvalue weighted by atomic mass is 10.0. The van der Waals surface area contributed by atoms with Crippen molar-refractivity contribution in [3.8, 4) is 5.75 Å². The van der Waals surface area contributed by atoms with Gasteiger partial charge in [0.1, 0.15) is 11.5 Å². The maximum Gasteiger partial charge on any atom is 0.134 e. The number of hydrogen-bond donors (Lipinski definition) is 0. The van der Waals surface area contributed by atoms with Crippen LogP contribution in [0, 0.1) is 0 Å². The van der Waals surface area contributed by atoms with Gasteiger partial charge in [-0.2, -0.15) is 0 Å². The molecule has 1 aromatic rings. The van der Waals surface area contributed by atoms with E-state index in [1.807, 2.05) is 18.2 Å². The van der Waals surface area contributed by atoms with E-state index in [0.717, 1.165) is 22.2 Å². The van der Waals surface area contributed by atoms with E-state index >= 15 is 0 Å². The summed E-state index contributed by atoms with van der Waals surface area (Å²) in [4.78, 5) is 11.0. The summed E-state index contributed by atoms with van der Waals surface area (Å²) in [7, 11) is 1.64. The predicted octanol–water partition coefficient (Wildman–Crippen LogP) is 2.72. The molecule has 0 saturated heterocycles. The number of ether oxygens (including phenoxy) is 1. The molecule has 1 rings (SSSR count). The Morgan fingerprint density at radius 1 is 1.43 bits per heavy atom. The number of hydrogen-bond acceptors (Lipinski definition) is 2. The molecule has 2 nitrogen and oxygen atoms in total. The van der Waals surface area contributed by atoms with Crippen LogP contribution < -0.4 is 4.74 Å². The SMILES string of the molecule is COc1ccc(CC(C)=O)c(CBr)c1. The normalized spacial score (nSPS) is 9.93. The molecule has 0 aliphatic heterocycles. The quantitative estimate of drug-likeness (QED) is 0.775. The molecule has 1 aromatic carbocycles. The molecule has 0 saturated carbocycles. The minimum absolute atomic E-state index is 0.178. The number of Topliss-reactive ketones (excluding diaryl/α,β-unsaturated/α-hetero) is 1. The molecular formula is C11H13BrO2. The van der Waals surface area contributed by atoms with E-state index in [1.54, 1.807) is 14.0 Å². The van der Waals surface area contributed by atoms with Crippen LogP contribution in [0.1, 0.15) is 18.1 Å². The van der Waals surface area contributed by atoms with Crippen LogP contribution in [0.2, 0.25) is 0 Å². The Morgan fingerprint density at radius 2 is 2.14 bits per heavy atom. The summed E-state index contributed by atoms with van der Waals surface area (Å²) in [5.41, 5.74) is 2.18. The average Bonchev–Trinajstić information content (AvgIpc) is 2.17. The highest BCUT2D eigenvalue weighted by Crippen LogP contribution is 2.20. The summed E-state index contributed by atoms with van der Waals surface area (Å²) in [5, 5.41) is 0.743. The third kappa shape index (κ3) is 2.84. The van der Waals surface area contributed by atoms with E-state index in [2.05, 4.69) is 15.9 Å². The highest BCUT2D eigenvalue weighted by atomic mass is 79.9. The maximum absolute atomic E-state index is 11.0. The summed E-state index contributed by atoms with van der Waals surface area (Å²) in [6.07, 6.45) is 0.491. The fourth-order valence-electron chi connectivity index (χ4n) is 1.29. The Hall–Kier alpha value is -0.830. The molecule has 0 aromatic heterocycles. The molecule has 0 bridgehead atoms. The number of methoxy groups -OCH3 is 1. The monoisotopic (exact) mass is 256 g/mol. The summed E-state index contributed by atoms with van der Waals surface area (Å²) < 4.78 is 5.11. The lowest BCUT2D eigenvalue weighted by Crippen LogP contribution is -2.00. The van der Waals surface area contributed by atoms with Gasteiger partial charge < -0.3 is 4.74 Å². The fraction of sp³-hybridized carbons (Fsp3) is 0.364. The van der Waals surface area contributed by atoms with Crippen molar-refractivity contribution in [2.75, 3.05) is 7.11 Å². The minimum Gasteiger partial charge on any atom is -0.497 e. The van der Waals surface area contributed by atoms with E-state index in [9.17, 15) is 4.79 Å². The van der Waals surface area contributed by atoms with Crippen LogP contribution in [0.15, 0.2) is 18.2 Å². The van der Waals surface area contributed by atoms with Gasteiger partial charge in [0.2, 0.25) is 0 Å². The Labute approximate surface area is 92.4 Å². The number of carbonyl (C=O) groups is 1. The largest absolute Gasteiger partial charge is 0.497 e. The Balaban J connectivity index is 2.98. The molecule has 0 aliphatic rings. The Kier molecular flexibility index (Phi) is 4.14. The summed E-state index contributed by atoms with van der Waals surface area (Å²) in [6.45, 7) is 1.60. The molecular weight excluding hydrogens is 244 g/mol. The standard InChI is InChI=1S/C11H13BrO2/c1-8(13)5-9-3-4-11(14-2)6-10(9)7-12/h3-4,6H,5,7H2,1-2H3. The van der Waals surface area contributed by atoms with E-state index < -0.39 is 0 Å². The van der Waals surface area contributed by atoms with Crippen molar-refractivity contribution in [1.29, 1.82) is 0 Å². The highest BCUT2D eigenvalue weighted by molar-refractivity contribution is 9.08. The van der Waals surface area contributed by atoms with Crippen molar-refractivity contribution >= 4 is 21.7 Å². The summed E-state index contributed by atoms with van der Waals surface area (Å²) in [6, 6.07) is 5.77. The van der Waals surface area contributed by atoms with E-state index in [0.29, 0.717) is 6.42 Å². The van der Waals surface area contributed by atoms with Gasteiger partial charge in [0.25, 0.3) is 0 Å². The van der Waals surface area contributed by atoms with Crippen LogP contribution in [0.3, 0.4) is 0 Å². The van der Waals surface area contributed by atoms with Crippen molar-refractivity contribution in [1.82, 2.24) is 0 Å². The van der Waals surface area contributed by atoms with Crippen molar-refractivity contribution in [2.24, 2.45) is 0 Å². The van der Waals surface area contributed by atoms with Crippen molar-refractivity contribution in [3.05, 3.63) is 29.3 Å². The second kappa shape index (κ2) is 5.15. The molecule has 0 heterocycles. The molecule has 0 fully saturated rings. The Morgan fingerprint density at radius 3 is 2.64 bits per heavy atom. The van der Waals surface area contributed by atoms with E-state index in [4.69, 9.17) is 4.74 Å². The average molecular weight is 257 g/mol. The molecule has 0 radical (unpaired) electrons. The number of ketones is 1. The van der Waals surface area contributed by atoms with Crippen molar-refractivity contribution < 1.29 is 9.53 Å². The van der Waals surface area contributed by atoms with Gasteiger partial charge in [0.15, 0.2) is 0 Å². The first kappa shape index (κ1) is 11.2. The predicted molar refractivity (Wildman–Crippen MR) is 60.0 cm³/mol. The van der Waals surface area contributed by atoms with Crippen molar-refractivity contribution in [3.63, 3.8) is 0 Å². The molecule has 0 atom stereocenters. The van der Waals surface area contributed by atoms with E-state index in [-0.39, 0.29) is 5.78 Å². The first-order chi connectivity index (χ1) is 6.67. The number of carbonyl (C=O) groups excluding carboxylic acids is 1. The first-order valence-corrected chi connectivity index (χ1v) is 5.50. The van der Waals surface area contributed by atoms with Crippen LogP contribution >= 0.6 is 15.9 Å². The topological polar surface area (TPSA) is 26.3 Å². The molecule has 76 valence electrons. The maximum atomic E-state index is 11.0. The van der Waals surface area contributed by atoms with Gasteiger partial charge in [-0.3, -0.25) is 4.79 Å². The van der Waals surface area contributed by atoms with Crippen LogP contribution in [0.4, 0.5) is 0 Å². The zero-order valence-electron chi connectivity index (χ0n) is 8.34. The van der Waals surface area contributed by atoms with Crippen molar-refractivity contribution in [2.45, 2.75) is 18.7 Å². The summed E-state index contributed by atoms with van der Waals surface area (Å²) in [5.74, 6) is 1.00. The lowest BCUT2D eigenvalue weighted by molar-refractivity contribution is -0.116. The zero-order chi connectivity index (χ0) is 10.6. The zero-order valence-corrected chi connectivity index (χ0v) is 9.93. The second-order valence-corrected chi connectivity index (χ2v) is 3.71. The fourth-order valence-corrected chi connectivity index (χ4v) is 1.82. The van der Waals surface area contributed by atoms with Crippen LogP contribution in [-0.4, -0.2) is 12.9 Å². The number of halogens is 1. The second-order valence-electron chi connectivity index (χ2n) is 3.15. The number of alkyl halides is 1. The van der Waals surface area contributed by atoms with Gasteiger partial charge in [-0.05, 0) is 30.2 Å². The molecule has 0 spiro atoms. The number of benzene rings is 1. The molecule has 14 heavy (non-hydrogen) atoms. The molecule has 3 heteroatoms. The molecule has 0 amide bonds. The van der Waals surface area contributed by atoms with Crippen LogP contribution in [0.25, 0.3) is 0 Å². The van der Waals surface area contributed by atoms with Crippen LogP contribution in [0.5, 0.6) is 5.75 Å². The summed E-state index contributed by atoms with van der Waals surface area (Å²) >= 11 is 3.39. The molecule has 0 unspecified atom stereocenters. The van der Waals surface area contributed by atoms with Gasteiger partial charge >= 0.3 is 0 Å². The Bertz CT molecular complexity index is 334. The third-order valence-electron chi connectivity index (χ3n) is 2.00. The van der Waals surface area contributed by atoms with Gasteiger partial charge in [-0.15, -0.1) is 0 Å². The lowest BCUT2D eigenvalue weighted by Gasteiger charge is -2.07. The molecule has 0 N–H and O–H groups in total.